The van der Waals surface area contributed by atoms with E-state index in [0.29, 0.717) is 12.2 Å². The Morgan fingerprint density at radius 3 is 2.55 bits per heavy atom. The number of hydrogen-bond acceptors (Lipinski definition) is 4. The predicted molar refractivity (Wildman–Crippen MR) is 78.6 cm³/mol. The molecular formula is C15H24N4O. The summed E-state index contributed by atoms with van der Waals surface area (Å²) in [6.07, 6.45) is 6.96. The van der Waals surface area contributed by atoms with Crippen molar-refractivity contribution < 1.29 is 4.79 Å². The largest absolute Gasteiger partial charge is 0.349 e. The first-order valence-corrected chi connectivity index (χ1v) is 7.31. The Morgan fingerprint density at radius 2 is 1.95 bits per heavy atom. The molecule has 0 unspecified atom stereocenters. The van der Waals surface area contributed by atoms with Crippen molar-refractivity contribution in [1.82, 2.24) is 20.2 Å². The fourth-order valence-electron chi connectivity index (χ4n) is 2.51. The second-order valence-corrected chi connectivity index (χ2v) is 6.09. The summed E-state index contributed by atoms with van der Waals surface area (Å²) in [4.78, 5) is 22.7. The Morgan fingerprint density at radius 1 is 1.25 bits per heavy atom. The second kappa shape index (κ2) is 6.31. The Kier molecular flexibility index (Phi) is 4.70. The standard InChI is InChI=1S/C15H24N4O/c1-12-9-17-13(10-16-12)14(20)18-11-15(2,3)19-7-5-4-6-8-19/h9-10H,4-8,11H2,1-3H3,(H,18,20). The highest BCUT2D eigenvalue weighted by Crippen LogP contribution is 2.19. The van der Waals surface area contributed by atoms with Crippen molar-refractivity contribution in [2.75, 3.05) is 19.6 Å². The lowest BCUT2D eigenvalue weighted by atomic mass is 9.98. The van der Waals surface area contributed by atoms with Crippen LogP contribution in [0.2, 0.25) is 0 Å². The molecule has 5 heteroatoms. The molecule has 0 aromatic carbocycles. The molecule has 1 fully saturated rings. The number of aromatic nitrogens is 2. The van der Waals surface area contributed by atoms with Crippen molar-refractivity contribution in [3.63, 3.8) is 0 Å². The van der Waals surface area contributed by atoms with Gasteiger partial charge in [-0.05, 0) is 46.7 Å². The molecule has 2 heterocycles. The minimum absolute atomic E-state index is 0.0196. The molecule has 1 aromatic heterocycles. The molecule has 20 heavy (non-hydrogen) atoms. The topological polar surface area (TPSA) is 58.1 Å². The molecule has 0 bridgehead atoms. The maximum Gasteiger partial charge on any atom is 0.271 e. The van der Waals surface area contributed by atoms with Crippen LogP contribution in [0.5, 0.6) is 0 Å². The third kappa shape index (κ3) is 3.76. The van der Waals surface area contributed by atoms with Crippen LogP contribution in [0.4, 0.5) is 0 Å². The Hall–Kier alpha value is -1.49. The van der Waals surface area contributed by atoms with Gasteiger partial charge >= 0.3 is 0 Å². The van der Waals surface area contributed by atoms with Gasteiger partial charge in [-0.3, -0.25) is 14.7 Å². The van der Waals surface area contributed by atoms with E-state index in [1.54, 1.807) is 6.20 Å². The van der Waals surface area contributed by atoms with Crippen molar-refractivity contribution in [1.29, 1.82) is 0 Å². The second-order valence-electron chi connectivity index (χ2n) is 6.09. The van der Waals surface area contributed by atoms with Crippen LogP contribution in [0.25, 0.3) is 0 Å². The zero-order valence-electron chi connectivity index (χ0n) is 12.6. The lowest BCUT2D eigenvalue weighted by molar-refractivity contribution is 0.0794. The molecule has 0 spiro atoms. The van der Waals surface area contributed by atoms with Crippen LogP contribution >= 0.6 is 0 Å². The number of carbonyl (C=O) groups is 1. The molecule has 1 amide bonds. The molecule has 110 valence electrons. The van der Waals surface area contributed by atoms with Gasteiger partial charge in [-0.1, -0.05) is 6.42 Å². The van der Waals surface area contributed by atoms with E-state index in [1.807, 2.05) is 6.92 Å². The van der Waals surface area contributed by atoms with Crippen LogP contribution in [0.15, 0.2) is 12.4 Å². The Labute approximate surface area is 120 Å². The molecule has 2 rings (SSSR count). The normalized spacial score (nSPS) is 16.9. The summed E-state index contributed by atoms with van der Waals surface area (Å²) in [6.45, 7) is 9.08. The first kappa shape index (κ1) is 14.9. The average Bonchev–Trinajstić information content (AvgIpc) is 2.46. The number of nitrogens with one attached hydrogen (secondary N) is 1. The van der Waals surface area contributed by atoms with E-state index in [4.69, 9.17) is 0 Å². The summed E-state index contributed by atoms with van der Waals surface area (Å²) in [5.74, 6) is -0.150. The molecule has 1 aliphatic heterocycles. The summed E-state index contributed by atoms with van der Waals surface area (Å²) in [6, 6.07) is 0. The van der Waals surface area contributed by atoms with Gasteiger partial charge in [-0.25, -0.2) is 4.98 Å². The zero-order chi connectivity index (χ0) is 14.6. The fraction of sp³-hybridized carbons (Fsp3) is 0.667. The number of amides is 1. The number of nitrogens with zero attached hydrogens (tertiary/aromatic N) is 3. The summed E-state index contributed by atoms with van der Waals surface area (Å²) in [5, 5.41) is 2.97. The van der Waals surface area contributed by atoms with Gasteiger partial charge in [-0.2, -0.15) is 0 Å². The minimum Gasteiger partial charge on any atom is -0.349 e. The Balaban J connectivity index is 1.90. The molecule has 0 aliphatic carbocycles. The monoisotopic (exact) mass is 276 g/mol. The summed E-state index contributed by atoms with van der Waals surface area (Å²) < 4.78 is 0. The lowest BCUT2D eigenvalue weighted by Crippen LogP contribution is -2.53. The van der Waals surface area contributed by atoms with E-state index in [-0.39, 0.29) is 11.4 Å². The van der Waals surface area contributed by atoms with E-state index in [0.717, 1.165) is 18.8 Å². The molecule has 0 atom stereocenters. The number of carbonyl (C=O) groups excluding carboxylic acids is 1. The molecule has 1 N–H and O–H groups in total. The third-order valence-corrected chi connectivity index (χ3v) is 3.91. The summed E-state index contributed by atoms with van der Waals surface area (Å²) in [7, 11) is 0. The highest BCUT2D eigenvalue weighted by molar-refractivity contribution is 5.91. The van der Waals surface area contributed by atoms with Gasteiger partial charge in [0.05, 0.1) is 11.9 Å². The van der Waals surface area contributed by atoms with Crippen molar-refractivity contribution in [3.8, 4) is 0 Å². The first-order chi connectivity index (χ1) is 9.49. The maximum atomic E-state index is 12.1. The molecular weight excluding hydrogens is 252 g/mol. The molecule has 1 aliphatic rings. The van der Waals surface area contributed by atoms with Crippen molar-refractivity contribution in [2.45, 2.75) is 45.6 Å². The number of hydrogen-bond donors (Lipinski definition) is 1. The smallest absolute Gasteiger partial charge is 0.271 e. The van der Waals surface area contributed by atoms with E-state index >= 15 is 0 Å². The van der Waals surface area contributed by atoms with Gasteiger partial charge in [0.1, 0.15) is 5.69 Å². The number of likely N-dealkylation sites (tertiary alicyclic amines) is 1. The number of aryl methyl sites for hydroxylation is 1. The van der Waals surface area contributed by atoms with Gasteiger partial charge in [0.15, 0.2) is 0 Å². The average molecular weight is 276 g/mol. The van der Waals surface area contributed by atoms with Crippen molar-refractivity contribution >= 4 is 5.91 Å². The summed E-state index contributed by atoms with van der Waals surface area (Å²) in [5.41, 5.74) is 1.18. The fourth-order valence-corrected chi connectivity index (χ4v) is 2.51. The van der Waals surface area contributed by atoms with Gasteiger partial charge in [0.25, 0.3) is 5.91 Å². The Bertz CT molecular complexity index is 449. The van der Waals surface area contributed by atoms with Crippen molar-refractivity contribution in [2.24, 2.45) is 0 Å². The van der Waals surface area contributed by atoms with Crippen LogP contribution < -0.4 is 5.32 Å². The van der Waals surface area contributed by atoms with Gasteiger partial charge in [-0.15, -0.1) is 0 Å². The van der Waals surface area contributed by atoms with Crippen LogP contribution in [-0.4, -0.2) is 45.9 Å². The molecule has 1 saturated heterocycles. The summed E-state index contributed by atoms with van der Waals surface area (Å²) >= 11 is 0. The first-order valence-electron chi connectivity index (χ1n) is 7.31. The maximum absolute atomic E-state index is 12.1. The van der Waals surface area contributed by atoms with Crippen LogP contribution in [0.1, 0.15) is 49.3 Å². The van der Waals surface area contributed by atoms with Crippen molar-refractivity contribution in [3.05, 3.63) is 23.8 Å². The van der Waals surface area contributed by atoms with Gasteiger partial charge in [0.2, 0.25) is 0 Å². The van der Waals surface area contributed by atoms with Gasteiger partial charge < -0.3 is 5.32 Å². The van der Waals surface area contributed by atoms with E-state index in [1.165, 1.54) is 25.5 Å². The van der Waals surface area contributed by atoms with Crippen LogP contribution in [-0.2, 0) is 0 Å². The van der Waals surface area contributed by atoms with E-state index in [2.05, 4.69) is 34.0 Å². The van der Waals surface area contributed by atoms with Gasteiger partial charge in [0, 0.05) is 18.3 Å². The highest BCUT2D eigenvalue weighted by Gasteiger charge is 2.28. The highest BCUT2D eigenvalue weighted by atomic mass is 16.1. The van der Waals surface area contributed by atoms with Crippen LogP contribution in [0.3, 0.4) is 0 Å². The SMILES string of the molecule is Cc1cnc(C(=O)NCC(C)(C)N2CCCCC2)cn1. The molecule has 1 aromatic rings. The number of piperidine rings is 1. The van der Waals surface area contributed by atoms with E-state index < -0.39 is 0 Å². The predicted octanol–water partition coefficient (Wildman–Crippen LogP) is 1.78. The molecule has 0 saturated carbocycles. The van der Waals surface area contributed by atoms with E-state index in [9.17, 15) is 4.79 Å². The minimum atomic E-state index is -0.150. The lowest BCUT2D eigenvalue weighted by Gasteiger charge is -2.41. The van der Waals surface area contributed by atoms with Crippen LogP contribution in [0, 0.1) is 6.92 Å². The molecule has 5 nitrogen and oxygen atoms in total. The number of rotatable bonds is 4. The third-order valence-electron chi connectivity index (χ3n) is 3.91. The quantitative estimate of drug-likeness (QED) is 0.910. The molecule has 0 radical (unpaired) electrons. The zero-order valence-corrected chi connectivity index (χ0v) is 12.6.